The van der Waals surface area contributed by atoms with Crippen LogP contribution in [0.1, 0.15) is 5.56 Å². The maximum absolute atomic E-state index is 14.4. The SMILES string of the molecule is COc1cccc(-c2ncn(Cc3ccc(Cl)cc3)c2-c2c[nH]c3cc(Cl)c(F)cc23)c1. The molecule has 0 aliphatic rings. The zero-order valence-electron chi connectivity index (χ0n) is 17.1. The van der Waals surface area contributed by atoms with Crippen molar-refractivity contribution >= 4 is 34.1 Å². The van der Waals surface area contributed by atoms with Gasteiger partial charge in [0.2, 0.25) is 0 Å². The molecule has 0 saturated carbocycles. The fourth-order valence-electron chi connectivity index (χ4n) is 3.87. The number of nitrogens with zero attached hydrogens (tertiary/aromatic N) is 2. The second-order valence-electron chi connectivity index (χ2n) is 7.44. The van der Waals surface area contributed by atoms with Gasteiger partial charge in [0.1, 0.15) is 11.6 Å². The summed E-state index contributed by atoms with van der Waals surface area (Å²) in [5.74, 6) is 0.268. The van der Waals surface area contributed by atoms with Gasteiger partial charge in [-0.3, -0.25) is 0 Å². The van der Waals surface area contributed by atoms with Crippen LogP contribution in [0.2, 0.25) is 10.0 Å². The summed E-state index contributed by atoms with van der Waals surface area (Å²) in [5.41, 5.74) is 5.19. The fraction of sp³-hybridized carbons (Fsp3) is 0.0800. The van der Waals surface area contributed by atoms with Crippen molar-refractivity contribution in [1.29, 1.82) is 0 Å². The molecule has 0 aliphatic heterocycles. The summed E-state index contributed by atoms with van der Waals surface area (Å²) in [6.45, 7) is 0.576. The van der Waals surface area contributed by atoms with E-state index in [0.29, 0.717) is 11.6 Å². The summed E-state index contributed by atoms with van der Waals surface area (Å²) in [6, 6.07) is 18.5. The molecule has 1 N–H and O–H groups in total. The maximum Gasteiger partial charge on any atom is 0.142 e. The first kappa shape index (κ1) is 20.6. The third kappa shape index (κ3) is 3.74. The molecule has 2 heterocycles. The zero-order chi connectivity index (χ0) is 22.2. The lowest BCUT2D eigenvalue weighted by molar-refractivity contribution is 0.415. The smallest absolute Gasteiger partial charge is 0.142 e. The van der Waals surface area contributed by atoms with Gasteiger partial charge in [-0.25, -0.2) is 9.37 Å². The molecule has 0 bridgehead atoms. The third-order valence-electron chi connectivity index (χ3n) is 5.42. The van der Waals surface area contributed by atoms with E-state index in [9.17, 15) is 4.39 Å². The van der Waals surface area contributed by atoms with Gasteiger partial charge in [-0.05, 0) is 42.0 Å². The van der Waals surface area contributed by atoms with E-state index >= 15 is 0 Å². The molecule has 0 fully saturated rings. The number of ether oxygens (including phenoxy) is 1. The first-order valence-electron chi connectivity index (χ1n) is 9.94. The number of fused-ring (bicyclic) bond motifs is 1. The minimum atomic E-state index is -0.466. The van der Waals surface area contributed by atoms with Crippen LogP contribution < -0.4 is 4.74 Å². The standard InChI is InChI=1S/C25H18Cl2FN3O/c1-32-18-4-2-3-16(9-18)24-25(20-12-29-23-11-21(27)22(28)10-19(20)23)31(14-30-24)13-15-5-7-17(26)8-6-15/h2-12,14,29H,13H2,1H3. The Balaban J connectivity index is 1.72. The number of imidazole rings is 1. The van der Waals surface area contributed by atoms with Crippen molar-refractivity contribution < 1.29 is 9.13 Å². The van der Waals surface area contributed by atoms with E-state index in [1.165, 1.54) is 6.07 Å². The molecule has 0 radical (unpaired) electrons. The van der Waals surface area contributed by atoms with Gasteiger partial charge >= 0.3 is 0 Å². The highest BCUT2D eigenvalue weighted by Gasteiger charge is 2.20. The van der Waals surface area contributed by atoms with Gasteiger partial charge in [-0.2, -0.15) is 0 Å². The summed E-state index contributed by atoms with van der Waals surface area (Å²) in [5, 5.41) is 1.49. The number of nitrogens with one attached hydrogen (secondary N) is 1. The molecule has 0 unspecified atom stereocenters. The van der Waals surface area contributed by atoms with Gasteiger partial charge in [0.15, 0.2) is 0 Å². The number of rotatable bonds is 5. The van der Waals surface area contributed by atoms with Crippen LogP contribution in [0.25, 0.3) is 33.4 Å². The summed E-state index contributed by atoms with van der Waals surface area (Å²) in [6.07, 6.45) is 3.66. The number of aromatic amines is 1. The molecule has 0 atom stereocenters. The van der Waals surface area contributed by atoms with E-state index < -0.39 is 5.82 Å². The van der Waals surface area contributed by atoms with E-state index in [4.69, 9.17) is 32.9 Å². The highest BCUT2D eigenvalue weighted by Crippen LogP contribution is 2.38. The second-order valence-corrected chi connectivity index (χ2v) is 8.29. The van der Waals surface area contributed by atoms with Crippen molar-refractivity contribution in [1.82, 2.24) is 14.5 Å². The molecule has 0 saturated heterocycles. The molecular weight excluding hydrogens is 448 g/mol. The van der Waals surface area contributed by atoms with Crippen molar-refractivity contribution in [2.24, 2.45) is 0 Å². The maximum atomic E-state index is 14.4. The molecule has 160 valence electrons. The van der Waals surface area contributed by atoms with Crippen molar-refractivity contribution in [2.75, 3.05) is 7.11 Å². The molecule has 32 heavy (non-hydrogen) atoms. The Morgan fingerprint density at radius 2 is 1.88 bits per heavy atom. The number of hydrogen-bond acceptors (Lipinski definition) is 2. The topological polar surface area (TPSA) is 42.8 Å². The predicted molar refractivity (Wildman–Crippen MR) is 127 cm³/mol. The van der Waals surface area contributed by atoms with Gasteiger partial charge in [-0.1, -0.05) is 47.5 Å². The average Bonchev–Trinajstić information content (AvgIpc) is 3.39. The molecule has 7 heteroatoms. The summed E-state index contributed by atoms with van der Waals surface area (Å²) in [4.78, 5) is 7.94. The lowest BCUT2D eigenvalue weighted by atomic mass is 10.0. The molecule has 2 aromatic heterocycles. The Morgan fingerprint density at radius 1 is 1.06 bits per heavy atom. The van der Waals surface area contributed by atoms with Crippen LogP contribution >= 0.6 is 23.2 Å². The molecular formula is C25H18Cl2FN3O. The van der Waals surface area contributed by atoms with E-state index in [1.807, 2.05) is 59.3 Å². The number of aromatic nitrogens is 3. The predicted octanol–water partition coefficient (Wildman–Crippen LogP) is 7.20. The van der Waals surface area contributed by atoms with Crippen LogP contribution in [-0.2, 0) is 6.54 Å². The molecule has 5 rings (SSSR count). The second kappa shape index (κ2) is 8.34. The zero-order valence-corrected chi connectivity index (χ0v) is 18.6. The van der Waals surface area contributed by atoms with Crippen LogP contribution in [0.5, 0.6) is 5.75 Å². The van der Waals surface area contributed by atoms with Crippen LogP contribution in [0.15, 0.2) is 73.2 Å². The van der Waals surface area contributed by atoms with E-state index in [-0.39, 0.29) is 5.02 Å². The number of benzene rings is 3. The van der Waals surface area contributed by atoms with Gasteiger partial charge in [0, 0.05) is 39.8 Å². The quantitative estimate of drug-likeness (QED) is 0.298. The molecule has 0 amide bonds. The Labute approximate surface area is 194 Å². The lowest BCUT2D eigenvalue weighted by Crippen LogP contribution is -2.01. The van der Waals surface area contributed by atoms with Crippen LogP contribution in [-0.4, -0.2) is 21.6 Å². The van der Waals surface area contributed by atoms with Crippen LogP contribution in [0.3, 0.4) is 0 Å². The number of hydrogen-bond donors (Lipinski definition) is 1. The van der Waals surface area contributed by atoms with Crippen molar-refractivity contribution in [3.8, 4) is 28.3 Å². The highest BCUT2D eigenvalue weighted by molar-refractivity contribution is 6.31. The van der Waals surface area contributed by atoms with Crippen LogP contribution in [0, 0.1) is 5.82 Å². The molecule has 0 spiro atoms. The Bertz CT molecular complexity index is 1420. The Hall–Kier alpha value is -3.28. The van der Waals surface area contributed by atoms with E-state index in [2.05, 4.69) is 4.98 Å². The largest absolute Gasteiger partial charge is 0.497 e. The number of H-pyrrole nitrogens is 1. The van der Waals surface area contributed by atoms with Gasteiger partial charge in [-0.15, -0.1) is 0 Å². The monoisotopic (exact) mass is 465 g/mol. The van der Waals surface area contributed by atoms with Gasteiger partial charge in [0.25, 0.3) is 0 Å². The molecule has 0 aliphatic carbocycles. The molecule has 5 aromatic rings. The Kier molecular flexibility index (Phi) is 5.37. The summed E-state index contributed by atoms with van der Waals surface area (Å²) < 4.78 is 21.8. The summed E-state index contributed by atoms with van der Waals surface area (Å²) >= 11 is 12.0. The van der Waals surface area contributed by atoms with Crippen molar-refractivity contribution in [3.05, 3.63) is 94.6 Å². The highest BCUT2D eigenvalue weighted by atomic mass is 35.5. The number of halogens is 3. The van der Waals surface area contributed by atoms with Gasteiger partial charge < -0.3 is 14.3 Å². The first-order chi connectivity index (χ1) is 15.5. The van der Waals surface area contributed by atoms with Crippen molar-refractivity contribution in [2.45, 2.75) is 6.54 Å². The first-order valence-corrected chi connectivity index (χ1v) is 10.7. The fourth-order valence-corrected chi connectivity index (χ4v) is 4.15. The van der Waals surface area contributed by atoms with E-state index in [1.54, 1.807) is 19.5 Å². The number of methoxy groups -OCH3 is 1. The normalized spacial score (nSPS) is 11.2. The minimum absolute atomic E-state index is 0.0774. The lowest BCUT2D eigenvalue weighted by Gasteiger charge is -2.11. The van der Waals surface area contributed by atoms with Gasteiger partial charge in [0.05, 0.1) is 29.8 Å². The third-order valence-corrected chi connectivity index (χ3v) is 5.97. The average molecular weight is 466 g/mol. The molecule has 3 aromatic carbocycles. The minimum Gasteiger partial charge on any atom is -0.497 e. The summed E-state index contributed by atoms with van der Waals surface area (Å²) in [7, 11) is 1.63. The Morgan fingerprint density at radius 3 is 2.66 bits per heavy atom. The van der Waals surface area contributed by atoms with E-state index in [0.717, 1.165) is 44.7 Å². The van der Waals surface area contributed by atoms with Crippen molar-refractivity contribution in [3.63, 3.8) is 0 Å². The molecule has 4 nitrogen and oxygen atoms in total. The van der Waals surface area contributed by atoms with Crippen LogP contribution in [0.4, 0.5) is 4.39 Å².